The number of aromatic nitrogens is 1. The largest absolute Gasteiger partial charge is 0.377 e. The van der Waals surface area contributed by atoms with Gasteiger partial charge in [-0.15, -0.1) is 0 Å². The van der Waals surface area contributed by atoms with Gasteiger partial charge < -0.3 is 14.1 Å². The van der Waals surface area contributed by atoms with Gasteiger partial charge in [0.05, 0.1) is 5.52 Å². The van der Waals surface area contributed by atoms with Crippen molar-refractivity contribution in [2.24, 2.45) is 0 Å². The highest BCUT2D eigenvalue weighted by Gasteiger charge is 2.22. The predicted octanol–water partition coefficient (Wildman–Crippen LogP) is 5.62. The summed E-state index contributed by atoms with van der Waals surface area (Å²) in [6.07, 6.45) is 0. The minimum Gasteiger partial charge on any atom is -0.377 e. The summed E-state index contributed by atoms with van der Waals surface area (Å²) in [6, 6.07) is 22.5. The van der Waals surface area contributed by atoms with Crippen molar-refractivity contribution in [1.29, 1.82) is 0 Å². The number of nitrogens with zero attached hydrogens (tertiary/aromatic N) is 1. The Balaban J connectivity index is 1.66. The first kappa shape index (κ1) is 19.5. The third-order valence-corrected chi connectivity index (χ3v) is 6.85. The van der Waals surface area contributed by atoms with Gasteiger partial charge in [0.15, 0.2) is 5.75 Å². The Hall–Kier alpha value is -3.51. The molecule has 156 valence electrons. The molecular weight excluding hydrogens is 408 g/mol. The molecule has 31 heavy (non-hydrogen) atoms. The molecule has 4 aromatic carbocycles. The fraction of sp³-hybridized carbons (Fsp3) is 0.120. The van der Waals surface area contributed by atoms with Crippen LogP contribution in [0.1, 0.15) is 5.56 Å². The van der Waals surface area contributed by atoms with E-state index in [9.17, 15) is 8.42 Å². The van der Waals surface area contributed by atoms with Gasteiger partial charge in [0, 0.05) is 46.8 Å². The molecule has 0 atom stereocenters. The second-order valence-corrected chi connectivity index (χ2v) is 9.43. The summed E-state index contributed by atoms with van der Waals surface area (Å²) in [5.74, 6) is 0.284. The van der Waals surface area contributed by atoms with Crippen LogP contribution in [0.4, 0.5) is 5.69 Å². The Morgan fingerprint density at radius 2 is 1.52 bits per heavy atom. The van der Waals surface area contributed by atoms with Crippen LogP contribution in [0.25, 0.3) is 32.6 Å². The molecule has 0 spiro atoms. The maximum absolute atomic E-state index is 13.4. The molecule has 0 aliphatic rings. The van der Waals surface area contributed by atoms with Gasteiger partial charge in [0.1, 0.15) is 4.90 Å². The van der Waals surface area contributed by atoms with Gasteiger partial charge in [-0.3, -0.25) is 0 Å². The normalized spacial score (nSPS) is 12.0. The van der Waals surface area contributed by atoms with E-state index in [0.29, 0.717) is 10.9 Å². The highest BCUT2D eigenvalue weighted by atomic mass is 32.2. The molecule has 0 saturated heterocycles. The summed E-state index contributed by atoms with van der Waals surface area (Å²) in [7, 11) is -0.187. The maximum Gasteiger partial charge on any atom is 0.339 e. The van der Waals surface area contributed by atoms with Crippen LogP contribution in [0.3, 0.4) is 0 Å². The first-order valence-electron chi connectivity index (χ1n) is 10.00. The number of para-hydroxylation sites is 1. The Morgan fingerprint density at radius 1 is 0.806 bits per heavy atom. The Kier molecular flexibility index (Phi) is 4.41. The maximum atomic E-state index is 13.4. The van der Waals surface area contributed by atoms with Crippen LogP contribution in [0.2, 0.25) is 0 Å². The fourth-order valence-corrected chi connectivity index (χ4v) is 5.28. The minimum absolute atomic E-state index is 0.151. The molecule has 0 fully saturated rings. The summed E-state index contributed by atoms with van der Waals surface area (Å²) in [5, 5.41) is 3.45. The third-order valence-electron chi connectivity index (χ3n) is 5.56. The highest BCUT2D eigenvalue weighted by molar-refractivity contribution is 7.87. The quantitative estimate of drug-likeness (QED) is 0.376. The molecule has 1 heterocycles. The van der Waals surface area contributed by atoms with Crippen molar-refractivity contribution in [3.05, 3.63) is 78.4 Å². The number of fused-ring (bicyclic) bond motifs is 4. The molecule has 6 heteroatoms. The van der Waals surface area contributed by atoms with Crippen LogP contribution < -0.4 is 9.08 Å². The molecule has 5 aromatic rings. The Morgan fingerprint density at radius 3 is 2.32 bits per heavy atom. The number of anilines is 1. The summed E-state index contributed by atoms with van der Waals surface area (Å²) in [4.78, 5) is 5.44. The van der Waals surface area contributed by atoms with Crippen molar-refractivity contribution >= 4 is 48.4 Å². The van der Waals surface area contributed by atoms with Crippen LogP contribution in [0.15, 0.2) is 77.7 Å². The van der Waals surface area contributed by atoms with Crippen molar-refractivity contribution in [1.82, 2.24) is 4.98 Å². The number of rotatable bonds is 4. The van der Waals surface area contributed by atoms with Crippen molar-refractivity contribution in [3.63, 3.8) is 0 Å². The zero-order valence-electron chi connectivity index (χ0n) is 17.5. The van der Waals surface area contributed by atoms with Gasteiger partial charge in [-0.25, -0.2) is 0 Å². The van der Waals surface area contributed by atoms with Crippen molar-refractivity contribution in [3.8, 4) is 5.75 Å². The Labute approximate surface area is 181 Å². The van der Waals surface area contributed by atoms with Gasteiger partial charge in [0.2, 0.25) is 0 Å². The smallest absolute Gasteiger partial charge is 0.339 e. The molecule has 0 aliphatic carbocycles. The molecule has 0 radical (unpaired) electrons. The van der Waals surface area contributed by atoms with Gasteiger partial charge in [-0.2, -0.15) is 8.42 Å². The van der Waals surface area contributed by atoms with E-state index in [1.807, 2.05) is 80.5 Å². The predicted molar refractivity (Wildman–Crippen MR) is 127 cm³/mol. The molecular formula is C25H22N2O3S. The number of aromatic amines is 1. The number of hydrogen-bond acceptors (Lipinski definition) is 4. The Bertz CT molecular complexity index is 1570. The van der Waals surface area contributed by atoms with E-state index in [4.69, 9.17) is 4.18 Å². The van der Waals surface area contributed by atoms with Crippen LogP contribution in [0.5, 0.6) is 5.75 Å². The van der Waals surface area contributed by atoms with Crippen molar-refractivity contribution < 1.29 is 12.6 Å². The van der Waals surface area contributed by atoms with Gasteiger partial charge >= 0.3 is 10.1 Å². The zero-order valence-corrected chi connectivity index (χ0v) is 18.3. The van der Waals surface area contributed by atoms with Crippen LogP contribution in [-0.2, 0) is 10.1 Å². The molecule has 0 aliphatic heterocycles. The summed E-state index contributed by atoms with van der Waals surface area (Å²) in [5.41, 5.74) is 3.69. The summed E-state index contributed by atoms with van der Waals surface area (Å²) >= 11 is 0. The molecule has 0 saturated carbocycles. The molecule has 0 unspecified atom stereocenters. The SMILES string of the molecule is Cc1ccc2c(c1)[nH]c1c(OS(=O)(=O)c3cccc4c(N(C)C)cccc34)cccc12. The van der Waals surface area contributed by atoms with Gasteiger partial charge in [-0.05, 0) is 36.8 Å². The first-order chi connectivity index (χ1) is 14.8. The number of aryl methyl sites for hydroxylation is 1. The average molecular weight is 431 g/mol. The van der Waals surface area contributed by atoms with E-state index in [-0.39, 0.29) is 10.6 Å². The lowest BCUT2D eigenvalue weighted by molar-refractivity contribution is 0.489. The molecule has 1 aromatic heterocycles. The molecule has 1 N–H and O–H groups in total. The van der Waals surface area contributed by atoms with Gasteiger partial charge in [-0.1, -0.05) is 48.5 Å². The average Bonchev–Trinajstić information content (AvgIpc) is 3.11. The third kappa shape index (κ3) is 3.20. The molecule has 0 amide bonds. The number of benzene rings is 4. The zero-order chi connectivity index (χ0) is 21.8. The lowest BCUT2D eigenvalue weighted by Crippen LogP contribution is -2.12. The van der Waals surface area contributed by atoms with Crippen molar-refractivity contribution in [2.75, 3.05) is 19.0 Å². The number of hydrogen-bond donors (Lipinski definition) is 1. The second kappa shape index (κ2) is 7.03. The number of H-pyrrole nitrogens is 1. The first-order valence-corrected chi connectivity index (χ1v) is 11.4. The van der Waals surface area contributed by atoms with E-state index in [1.54, 1.807) is 18.2 Å². The van der Waals surface area contributed by atoms with Crippen LogP contribution in [0, 0.1) is 6.92 Å². The van der Waals surface area contributed by atoms with Crippen molar-refractivity contribution in [2.45, 2.75) is 11.8 Å². The summed E-state index contributed by atoms with van der Waals surface area (Å²) in [6.45, 7) is 2.02. The lowest BCUT2D eigenvalue weighted by Gasteiger charge is -2.17. The number of nitrogens with one attached hydrogen (secondary N) is 1. The van der Waals surface area contributed by atoms with E-state index in [0.717, 1.165) is 32.9 Å². The van der Waals surface area contributed by atoms with E-state index < -0.39 is 10.1 Å². The monoisotopic (exact) mass is 430 g/mol. The van der Waals surface area contributed by atoms with Gasteiger partial charge in [0.25, 0.3) is 0 Å². The molecule has 0 bridgehead atoms. The second-order valence-electron chi connectivity index (χ2n) is 7.91. The van der Waals surface area contributed by atoms with E-state index in [1.165, 1.54) is 0 Å². The van der Waals surface area contributed by atoms with Crippen LogP contribution in [-0.4, -0.2) is 27.5 Å². The topological polar surface area (TPSA) is 62.4 Å². The minimum atomic E-state index is -4.06. The van der Waals surface area contributed by atoms with Crippen LogP contribution >= 0.6 is 0 Å². The fourth-order valence-electron chi connectivity index (χ4n) is 4.12. The van der Waals surface area contributed by atoms with E-state index in [2.05, 4.69) is 4.98 Å². The lowest BCUT2D eigenvalue weighted by atomic mass is 10.1. The summed E-state index contributed by atoms with van der Waals surface area (Å²) < 4.78 is 32.4. The molecule has 5 nitrogen and oxygen atoms in total. The standard InChI is InChI=1S/C25H22N2O3S/c1-16-13-14-17-20-9-5-11-23(25(20)26-21(17)15-16)30-31(28,29)24-12-6-7-18-19(24)8-4-10-22(18)27(2)3/h4-15,26H,1-3H3. The van der Waals surface area contributed by atoms with E-state index >= 15 is 0 Å². The highest BCUT2D eigenvalue weighted by Crippen LogP contribution is 2.35. The molecule has 5 rings (SSSR count).